The summed E-state index contributed by atoms with van der Waals surface area (Å²) >= 11 is 0. The van der Waals surface area contributed by atoms with E-state index in [1.165, 1.54) is 29.6 Å². The predicted molar refractivity (Wildman–Crippen MR) is 125 cm³/mol. The van der Waals surface area contributed by atoms with Gasteiger partial charge in [0.1, 0.15) is 10.6 Å². The van der Waals surface area contributed by atoms with Gasteiger partial charge in [-0.1, -0.05) is 12.5 Å². The number of benzene rings is 2. The van der Waals surface area contributed by atoms with E-state index in [2.05, 4.69) is 5.32 Å². The number of anilines is 1. The molecule has 1 heterocycles. The highest BCUT2D eigenvalue weighted by atomic mass is 32.2. The van der Waals surface area contributed by atoms with E-state index in [0.717, 1.165) is 30.4 Å². The summed E-state index contributed by atoms with van der Waals surface area (Å²) in [6.45, 7) is 5.70. The molecule has 0 bridgehead atoms. The lowest BCUT2D eigenvalue weighted by Gasteiger charge is -2.32. The van der Waals surface area contributed by atoms with E-state index in [1.807, 2.05) is 32.9 Å². The number of sulfonamides is 1. The van der Waals surface area contributed by atoms with Crippen molar-refractivity contribution in [2.24, 2.45) is 0 Å². The number of hydrogen-bond acceptors (Lipinski definition) is 6. The molecule has 1 atom stereocenters. The van der Waals surface area contributed by atoms with Crippen molar-refractivity contribution in [3.63, 3.8) is 0 Å². The molecule has 3 rings (SSSR count). The molecule has 1 amide bonds. The van der Waals surface area contributed by atoms with Crippen LogP contribution in [0.25, 0.3) is 0 Å². The van der Waals surface area contributed by atoms with E-state index in [9.17, 15) is 18.0 Å². The van der Waals surface area contributed by atoms with Crippen LogP contribution in [0.5, 0.6) is 5.75 Å². The van der Waals surface area contributed by atoms with Crippen LogP contribution in [0.1, 0.15) is 47.7 Å². The van der Waals surface area contributed by atoms with Gasteiger partial charge in [0.25, 0.3) is 5.91 Å². The van der Waals surface area contributed by atoms with Gasteiger partial charge in [-0.3, -0.25) is 4.79 Å². The van der Waals surface area contributed by atoms with Gasteiger partial charge in [-0.15, -0.1) is 0 Å². The molecule has 1 N–H and O–H groups in total. The Hall–Kier alpha value is -2.91. The second-order valence-corrected chi connectivity index (χ2v) is 10.1. The molecule has 9 heteroatoms. The van der Waals surface area contributed by atoms with Gasteiger partial charge in [0, 0.05) is 18.3 Å². The van der Waals surface area contributed by atoms with Crippen LogP contribution in [-0.4, -0.2) is 50.9 Å². The first-order valence-electron chi connectivity index (χ1n) is 10.9. The molecule has 0 radical (unpaired) electrons. The SMILES string of the molecule is COc1ccc(C(=O)OCC(=O)Nc2ccc(C)c(C)c2)cc1S(=O)(=O)N1CCCCC1C. The van der Waals surface area contributed by atoms with Crippen molar-refractivity contribution in [1.29, 1.82) is 0 Å². The molecule has 2 aromatic rings. The van der Waals surface area contributed by atoms with Crippen molar-refractivity contribution in [1.82, 2.24) is 4.31 Å². The van der Waals surface area contributed by atoms with Crippen LogP contribution >= 0.6 is 0 Å². The molecule has 0 saturated carbocycles. The number of nitrogens with one attached hydrogen (secondary N) is 1. The number of piperidine rings is 1. The third kappa shape index (κ3) is 5.72. The standard InChI is InChI=1S/C24H30N2O6S/c1-16-8-10-20(13-17(16)2)25-23(27)15-32-24(28)19-9-11-21(31-4)22(14-19)33(29,30)26-12-6-5-7-18(26)3/h8-11,13-14,18H,5-7,12,15H2,1-4H3,(H,25,27). The zero-order valence-corrected chi connectivity index (χ0v) is 20.2. The fraction of sp³-hybridized carbons (Fsp3) is 0.417. The zero-order valence-electron chi connectivity index (χ0n) is 19.4. The summed E-state index contributed by atoms with van der Waals surface area (Å²) in [6.07, 6.45) is 2.53. The Morgan fingerprint density at radius 1 is 1.09 bits per heavy atom. The van der Waals surface area contributed by atoms with Crippen molar-refractivity contribution >= 4 is 27.6 Å². The molecule has 178 valence electrons. The number of carbonyl (C=O) groups excluding carboxylic acids is 2. The maximum absolute atomic E-state index is 13.3. The van der Waals surface area contributed by atoms with Gasteiger partial charge in [0.2, 0.25) is 10.0 Å². The molecule has 1 aliphatic rings. The molecular formula is C24H30N2O6S. The van der Waals surface area contributed by atoms with E-state index >= 15 is 0 Å². The van der Waals surface area contributed by atoms with Gasteiger partial charge in [-0.25, -0.2) is 13.2 Å². The third-order valence-corrected chi connectivity index (χ3v) is 7.89. The topological polar surface area (TPSA) is 102 Å². The Morgan fingerprint density at radius 2 is 1.85 bits per heavy atom. The summed E-state index contributed by atoms with van der Waals surface area (Å²) in [5, 5.41) is 2.68. The summed E-state index contributed by atoms with van der Waals surface area (Å²) in [4.78, 5) is 24.7. The van der Waals surface area contributed by atoms with Gasteiger partial charge < -0.3 is 14.8 Å². The number of esters is 1. The normalized spacial score (nSPS) is 16.8. The van der Waals surface area contributed by atoms with Gasteiger partial charge in [0.05, 0.1) is 12.7 Å². The molecule has 33 heavy (non-hydrogen) atoms. The molecule has 2 aromatic carbocycles. The monoisotopic (exact) mass is 474 g/mol. The van der Waals surface area contributed by atoms with Crippen molar-refractivity contribution in [2.75, 3.05) is 25.6 Å². The number of carbonyl (C=O) groups is 2. The van der Waals surface area contributed by atoms with Crippen LogP contribution in [0.4, 0.5) is 5.69 Å². The highest BCUT2D eigenvalue weighted by molar-refractivity contribution is 7.89. The van der Waals surface area contributed by atoms with Crippen LogP contribution in [-0.2, 0) is 19.6 Å². The molecule has 0 aromatic heterocycles. The Morgan fingerprint density at radius 3 is 2.52 bits per heavy atom. The lowest BCUT2D eigenvalue weighted by atomic mass is 10.1. The van der Waals surface area contributed by atoms with Gasteiger partial charge in [-0.2, -0.15) is 4.31 Å². The van der Waals surface area contributed by atoms with Gasteiger partial charge in [0.15, 0.2) is 6.61 Å². The minimum absolute atomic E-state index is 0.0259. The van der Waals surface area contributed by atoms with Crippen LogP contribution in [0.15, 0.2) is 41.3 Å². The number of rotatable bonds is 7. The summed E-state index contributed by atoms with van der Waals surface area (Å²) in [5.74, 6) is -1.14. The summed E-state index contributed by atoms with van der Waals surface area (Å²) < 4.78 is 38.4. The first kappa shape index (κ1) is 24.7. The first-order valence-corrected chi connectivity index (χ1v) is 12.3. The van der Waals surface area contributed by atoms with Crippen LogP contribution in [0.3, 0.4) is 0 Å². The summed E-state index contributed by atoms with van der Waals surface area (Å²) in [5.41, 5.74) is 2.76. The number of methoxy groups -OCH3 is 1. The molecule has 1 unspecified atom stereocenters. The van der Waals surface area contributed by atoms with E-state index in [1.54, 1.807) is 6.07 Å². The van der Waals surface area contributed by atoms with E-state index < -0.39 is 28.5 Å². The Kier molecular flexibility index (Phi) is 7.76. The van der Waals surface area contributed by atoms with E-state index in [4.69, 9.17) is 9.47 Å². The Labute approximate surface area is 194 Å². The molecular weight excluding hydrogens is 444 g/mol. The number of hydrogen-bond donors (Lipinski definition) is 1. The fourth-order valence-corrected chi connectivity index (χ4v) is 5.67. The van der Waals surface area contributed by atoms with Gasteiger partial charge >= 0.3 is 5.97 Å². The van der Waals surface area contributed by atoms with Gasteiger partial charge in [-0.05, 0) is 75.1 Å². The molecule has 1 fully saturated rings. The Bertz CT molecular complexity index is 1150. The molecule has 0 spiro atoms. The number of nitrogens with zero attached hydrogens (tertiary/aromatic N) is 1. The number of aryl methyl sites for hydroxylation is 2. The minimum atomic E-state index is -3.87. The summed E-state index contributed by atoms with van der Waals surface area (Å²) in [6, 6.07) is 9.44. The quantitative estimate of drug-likeness (QED) is 0.615. The molecule has 0 aliphatic carbocycles. The van der Waals surface area contributed by atoms with Crippen LogP contribution in [0, 0.1) is 13.8 Å². The largest absolute Gasteiger partial charge is 0.495 e. The predicted octanol–water partition coefficient (Wildman–Crippen LogP) is 3.67. The highest BCUT2D eigenvalue weighted by Gasteiger charge is 2.33. The van der Waals surface area contributed by atoms with Crippen molar-refractivity contribution < 1.29 is 27.5 Å². The van der Waals surface area contributed by atoms with Crippen molar-refractivity contribution in [3.05, 3.63) is 53.1 Å². The second-order valence-electron chi connectivity index (χ2n) is 8.25. The van der Waals surface area contributed by atoms with E-state index in [0.29, 0.717) is 12.2 Å². The summed E-state index contributed by atoms with van der Waals surface area (Å²) in [7, 11) is -2.49. The maximum atomic E-state index is 13.3. The van der Waals surface area contributed by atoms with Crippen molar-refractivity contribution in [2.45, 2.75) is 51.0 Å². The molecule has 1 saturated heterocycles. The lowest BCUT2D eigenvalue weighted by Crippen LogP contribution is -2.42. The number of ether oxygens (including phenoxy) is 2. The molecule has 1 aliphatic heterocycles. The number of amides is 1. The van der Waals surface area contributed by atoms with E-state index in [-0.39, 0.29) is 22.3 Å². The highest BCUT2D eigenvalue weighted by Crippen LogP contribution is 2.31. The first-order chi connectivity index (χ1) is 15.6. The van der Waals surface area contributed by atoms with Crippen LogP contribution in [0.2, 0.25) is 0 Å². The fourth-order valence-electron chi connectivity index (χ4n) is 3.79. The zero-order chi connectivity index (χ0) is 24.2. The molecule has 8 nitrogen and oxygen atoms in total. The minimum Gasteiger partial charge on any atom is -0.495 e. The average Bonchev–Trinajstić information content (AvgIpc) is 2.79. The lowest BCUT2D eigenvalue weighted by molar-refractivity contribution is -0.119. The third-order valence-electron chi connectivity index (χ3n) is 5.85. The second kappa shape index (κ2) is 10.4. The van der Waals surface area contributed by atoms with Crippen LogP contribution < -0.4 is 10.1 Å². The van der Waals surface area contributed by atoms with Crippen molar-refractivity contribution in [3.8, 4) is 5.75 Å². The maximum Gasteiger partial charge on any atom is 0.338 e. The smallest absolute Gasteiger partial charge is 0.338 e. The average molecular weight is 475 g/mol. The Balaban J connectivity index is 1.73.